The largest absolute Gasteiger partial charge is 0.476 e. The summed E-state index contributed by atoms with van der Waals surface area (Å²) in [6.45, 7) is 4.24. The number of aromatic carboxylic acids is 1. The fraction of sp³-hybridized carbons (Fsp3) is 0.583. The van der Waals surface area contributed by atoms with E-state index in [1.165, 1.54) is 12.4 Å². The zero-order valence-electron chi connectivity index (χ0n) is 11.4. The minimum absolute atomic E-state index is 0.126. The molecule has 20 heavy (non-hydrogen) atoms. The van der Waals surface area contributed by atoms with Crippen LogP contribution in [0.3, 0.4) is 0 Å². The van der Waals surface area contributed by atoms with Crippen molar-refractivity contribution in [3.05, 3.63) is 18.1 Å². The lowest BCUT2D eigenvalue weighted by atomic mass is 10.2. The molecule has 0 aromatic carbocycles. The maximum atomic E-state index is 12.1. The van der Waals surface area contributed by atoms with Crippen LogP contribution in [0, 0.1) is 0 Å². The van der Waals surface area contributed by atoms with E-state index in [2.05, 4.69) is 9.97 Å². The lowest BCUT2D eigenvalue weighted by Crippen LogP contribution is -2.51. The minimum Gasteiger partial charge on any atom is -0.476 e. The van der Waals surface area contributed by atoms with Crippen LogP contribution in [0.1, 0.15) is 30.8 Å². The van der Waals surface area contributed by atoms with Gasteiger partial charge < -0.3 is 10.0 Å². The van der Waals surface area contributed by atoms with Crippen molar-refractivity contribution in [2.75, 3.05) is 18.0 Å². The molecule has 2 heterocycles. The monoisotopic (exact) mass is 299 g/mol. The first-order valence-corrected chi connectivity index (χ1v) is 8.00. The van der Waals surface area contributed by atoms with Gasteiger partial charge in [-0.3, -0.25) is 0 Å². The molecule has 7 nitrogen and oxygen atoms in total. The van der Waals surface area contributed by atoms with Gasteiger partial charge in [0.1, 0.15) is 5.82 Å². The van der Waals surface area contributed by atoms with E-state index in [0.29, 0.717) is 25.3 Å². The number of sulfone groups is 1. The van der Waals surface area contributed by atoms with Crippen molar-refractivity contribution in [1.82, 2.24) is 9.97 Å². The second-order valence-corrected chi connectivity index (χ2v) is 7.55. The summed E-state index contributed by atoms with van der Waals surface area (Å²) in [5.74, 6) is -0.625. The normalized spacial score (nSPS) is 25.4. The Morgan fingerprint density at radius 1 is 1.40 bits per heavy atom. The molecule has 1 saturated heterocycles. The Morgan fingerprint density at radius 2 is 2.10 bits per heavy atom. The quantitative estimate of drug-likeness (QED) is 0.871. The van der Waals surface area contributed by atoms with E-state index >= 15 is 0 Å². The molecule has 0 aliphatic carbocycles. The van der Waals surface area contributed by atoms with Gasteiger partial charge in [0.05, 0.1) is 22.9 Å². The highest BCUT2D eigenvalue weighted by atomic mass is 32.2. The third-order valence-corrected chi connectivity index (χ3v) is 6.25. The summed E-state index contributed by atoms with van der Waals surface area (Å²) in [4.78, 5) is 20.4. The summed E-state index contributed by atoms with van der Waals surface area (Å²) < 4.78 is 24.2. The van der Waals surface area contributed by atoms with Gasteiger partial charge in [-0.2, -0.15) is 0 Å². The average molecular weight is 299 g/mol. The van der Waals surface area contributed by atoms with Gasteiger partial charge in [-0.25, -0.2) is 23.2 Å². The van der Waals surface area contributed by atoms with Crippen molar-refractivity contribution in [1.29, 1.82) is 0 Å². The second-order valence-electron chi connectivity index (χ2n) is 4.90. The number of hydrogen-bond acceptors (Lipinski definition) is 6. The highest BCUT2D eigenvalue weighted by Gasteiger charge is 2.37. The van der Waals surface area contributed by atoms with Gasteiger partial charge in [0.25, 0.3) is 0 Å². The van der Waals surface area contributed by atoms with Crippen molar-refractivity contribution in [3.8, 4) is 0 Å². The first kappa shape index (κ1) is 14.7. The molecule has 2 rings (SSSR count). The number of carboxylic acids is 1. The number of carboxylic acid groups (broad SMARTS) is 1. The predicted octanol–water partition coefficient (Wildman–Crippen LogP) is 0.577. The summed E-state index contributed by atoms with van der Waals surface area (Å²) in [6.07, 6.45) is 3.11. The first-order valence-electron chi connectivity index (χ1n) is 6.39. The molecule has 0 saturated carbocycles. The van der Waals surface area contributed by atoms with Gasteiger partial charge in [-0.05, 0) is 13.3 Å². The minimum atomic E-state index is -3.10. The molecule has 0 amide bonds. The Morgan fingerprint density at radius 3 is 2.60 bits per heavy atom. The molecule has 2 atom stereocenters. The van der Waals surface area contributed by atoms with Crippen LogP contribution < -0.4 is 4.90 Å². The fourth-order valence-corrected chi connectivity index (χ4v) is 4.21. The maximum absolute atomic E-state index is 12.1. The smallest absolute Gasteiger partial charge is 0.356 e. The number of rotatable bonds is 3. The fourth-order valence-electron chi connectivity index (χ4n) is 2.31. The van der Waals surface area contributed by atoms with Gasteiger partial charge in [0.15, 0.2) is 15.5 Å². The van der Waals surface area contributed by atoms with Crippen LogP contribution in [-0.4, -0.2) is 53.1 Å². The van der Waals surface area contributed by atoms with Crippen molar-refractivity contribution in [3.63, 3.8) is 0 Å². The van der Waals surface area contributed by atoms with Crippen molar-refractivity contribution < 1.29 is 18.3 Å². The number of nitrogens with zero attached hydrogens (tertiary/aromatic N) is 3. The Bertz CT molecular complexity index is 600. The second kappa shape index (κ2) is 5.35. The van der Waals surface area contributed by atoms with E-state index in [1.54, 1.807) is 6.92 Å². The Labute approximate surface area is 117 Å². The van der Waals surface area contributed by atoms with E-state index in [-0.39, 0.29) is 5.69 Å². The predicted molar refractivity (Wildman–Crippen MR) is 73.7 cm³/mol. The summed E-state index contributed by atoms with van der Waals surface area (Å²) in [5, 5.41) is 7.89. The molecule has 8 heteroatoms. The van der Waals surface area contributed by atoms with Crippen molar-refractivity contribution in [2.24, 2.45) is 0 Å². The molecule has 1 fully saturated rings. The van der Waals surface area contributed by atoms with E-state index in [1.807, 2.05) is 11.8 Å². The zero-order valence-corrected chi connectivity index (χ0v) is 12.2. The van der Waals surface area contributed by atoms with E-state index < -0.39 is 26.3 Å². The summed E-state index contributed by atoms with van der Waals surface area (Å²) in [6, 6.07) is 0. The Hall–Kier alpha value is -1.70. The van der Waals surface area contributed by atoms with Gasteiger partial charge in [0, 0.05) is 13.1 Å². The van der Waals surface area contributed by atoms with Crippen molar-refractivity contribution >= 4 is 21.6 Å². The molecular formula is C12H17N3O4S. The number of aromatic nitrogens is 2. The maximum Gasteiger partial charge on any atom is 0.356 e. The molecule has 1 aliphatic rings. The van der Waals surface area contributed by atoms with Gasteiger partial charge in [-0.15, -0.1) is 0 Å². The van der Waals surface area contributed by atoms with Crippen LogP contribution in [0.5, 0.6) is 0 Å². The van der Waals surface area contributed by atoms with Crippen LogP contribution >= 0.6 is 0 Å². The third-order valence-electron chi connectivity index (χ3n) is 3.56. The van der Waals surface area contributed by atoms with Crippen LogP contribution in [0.15, 0.2) is 12.4 Å². The Kier molecular flexibility index (Phi) is 3.94. The number of hydrogen-bond donors (Lipinski definition) is 1. The van der Waals surface area contributed by atoms with E-state index in [4.69, 9.17) is 5.11 Å². The van der Waals surface area contributed by atoms with Gasteiger partial charge in [-0.1, -0.05) is 6.92 Å². The van der Waals surface area contributed by atoms with E-state index in [9.17, 15) is 13.2 Å². The average Bonchev–Trinajstić information content (AvgIpc) is 2.41. The zero-order chi connectivity index (χ0) is 14.9. The summed E-state index contributed by atoms with van der Waals surface area (Å²) in [5.41, 5.74) is -0.126. The van der Waals surface area contributed by atoms with Gasteiger partial charge >= 0.3 is 5.97 Å². The molecule has 0 radical (unpaired) electrons. The van der Waals surface area contributed by atoms with Crippen LogP contribution in [0.2, 0.25) is 0 Å². The summed E-state index contributed by atoms with van der Waals surface area (Å²) in [7, 11) is -3.10. The molecule has 110 valence electrons. The molecule has 1 aromatic rings. The molecule has 0 bridgehead atoms. The standard InChI is InChI=1S/C12H17N3O4S/c1-3-9-7-15(6-8(2)20(9,18)19)11-5-13-10(4-14-11)12(16)17/h4-5,8-9H,3,6-7H2,1-2H3,(H,16,17). The van der Waals surface area contributed by atoms with Gasteiger partial charge in [0.2, 0.25) is 0 Å². The summed E-state index contributed by atoms with van der Waals surface area (Å²) >= 11 is 0. The SMILES string of the molecule is CCC1CN(c2cnc(C(=O)O)cn2)CC(C)S1(=O)=O. The molecule has 1 aliphatic heterocycles. The van der Waals surface area contributed by atoms with Crippen LogP contribution in [0.4, 0.5) is 5.82 Å². The third kappa shape index (κ3) is 2.60. The Balaban J connectivity index is 2.24. The van der Waals surface area contributed by atoms with E-state index in [0.717, 1.165) is 0 Å². The molecule has 1 aromatic heterocycles. The topological polar surface area (TPSA) is 100 Å². The molecule has 0 spiro atoms. The molecular weight excluding hydrogens is 282 g/mol. The highest BCUT2D eigenvalue weighted by Crippen LogP contribution is 2.24. The van der Waals surface area contributed by atoms with Crippen LogP contribution in [-0.2, 0) is 9.84 Å². The lowest BCUT2D eigenvalue weighted by molar-refractivity contribution is 0.0690. The number of carbonyl (C=O) groups is 1. The molecule has 2 unspecified atom stereocenters. The lowest BCUT2D eigenvalue weighted by Gasteiger charge is -2.36. The van der Waals surface area contributed by atoms with Crippen molar-refractivity contribution in [2.45, 2.75) is 30.8 Å². The van der Waals surface area contributed by atoms with Crippen LogP contribution in [0.25, 0.3) is 0 Å². The number of anilines is 1. The highest BCUT2D eigenvalue weighted by molar-refractivity contribution is 7.92. The molecule has 1 N–H and O–H groups in total. The first-order chi connectivity index (χ1) is 9.36.